The molecule has 0 saturated carbocycles. The van der Waals surface area contributed by atoms with Crippen molar-refractivity contribution < 1.29 is 17.2 Å². The Labute approximate surface area is 105 Å². The third kappa shape index (κ3) is 3.72. The maximum atomic E-state index is 13.0. The predicted molar refractivity (Wildman–Crippen MR) is 64.4 cm³/mol. The number of benzene rings is 1. The van der Waals surface area contributed by atoms with Crippen molar-refractivity contribution in [3.63, 3.8) is 0 Å². The highest BCUT2D eigenvalue weighted by Crippen LogP contribution is 2.17. The summed E-state index contributed by atoms with van der Waals surface area (Å²) in [5, 5.41) is 0. The van der Waals surface area contributed by atoms with E-state index in [2.05, 4.69) is 4.72 Å². The summed E-state index contributed by atoms with van der Waals surface area (Å²) in [6.45, 7) is 3.64. The van der Waals surface area contributed by atoms with Crippen molar-refractivity contribution in [2.45, 2.75) is 30.7 Å². The number of halogens is 2. The second-order valence-electron chi connectivity index (χ2n) is 4.60. The number of nitrogens with two attached hydrogens (primary N) is 1. The first kappa shape index (κ1) is 15.0. The van der Waals surface area contributed by atoms with Gasteiger partial charge in [-0.2, -0.15) is 0 Å². The minimum atomic E-state index is -3.89. The number of hydrogen-bond donors (Lipinski definition) is 2. The van der Waals surface area contributed by atoms with E-state index in [9.17, 15) is 17.2 Å². The first-order valence-corrected chi connectivity index (χ1v) is 6.85. The zero-order chi connectivity index (χ0) is 14.0. The van der Waals surface area contributed by atoms with Crippen molar-refractivity contribution in [3.05, 3.63) is 29.8 Å². The van der Waals surface area contributed by atoms with Crippen LogP contribution in [-0.4, -0.2) is 20.5 Å². The molecule has 0 aliphatic rings. The topological polar surface area (TPSA) is 72.2 Å². The average molecular weight is 278 g/mol. The molecule has 0 atom stereocenters. The first-order chi connectivity index (χ1) is 8.18. The van der Waals surface area contributed by atoms with E-state index in [1.807, 2.05) is 0 Å². The molecular formula is C11H16F2N2O2S. The van der Waals surface area contributed by atoms with Crippen molar-refractivity contribution in [3.8, 4) is 0 Å². The van der Waals surface area contributed by atoms with E-state index < -0.39 is 27.2 Å². The Balaban J connectivity index is 3.03. The van der Waals surface area contributed by atoms with Crippen LogP contribution in [0.5, 0.6) is 0 Å². The van der Waals surface area contributed by atoms with Crippen LogP contribution >= 0.6 is 0 Å². The van der Waals surface area contributed by atoms with Crippen molar-refractivity contribution in [1.29, 1.82) is 0 Å². The predicted octanol–water partition coefficient (Wildman–Crippen LogP) is 1.37. The first-order valence-electron chi connectivity index (χ1n) is 5.37. The Bertz CT molecular complexity index is 530. The molecule has 0 heterocycles. The largest absolute Gasteiger partial charge is 0.330 e. The van der Waals surface area contributed by atoms with E-state index in [0.717, 1.165) is 12.1 Å². The Morgan fingerprint density at radius 2 is 1.89 bits per heavy atom. The molecule has 1 aromatic rings. The molecule has 102 valence electrons. The van der Waals surface area contributed by atoms with Gasteiger partial charge in [-0.25, -0.2) is 21.9 Å². The number of rotatable bonds is 5. The van der Waals surface area contributed by atoms with Crippen LogP contribution in [0.3, 0.4) is 0 Å². The van der Waals surface area contributed by atoms with Crippen LogP contribution in [0.1, 0.15) is 20.3 Å². The van der Waals surface area contributed by atoms with Crippen LogP contribution in [0, 0.1) is 11.6 Å². The standard InChI is InChI=1S/C11H16F2N2O2S/c1-11(2,5-6-14)15-18(16,17)8-3-4-9(12)10(13)7-8/h3-4,7,15H,5-6,14H2,1-2H3. The maximum absolute atomic E-state index is 13.0. The Morgan fingerprint density at radius 1 is 1.28 bits per heavy atom. The molecule has 0 saturated heterocycles. The Hall–Kier alpha value is -1.05. The summed E-state index contributed by atoms with van der Waals surface area (Å²) in [5.74, 6) is -2.29. The van der Waals surface area contributed by atoms with E-state index >= 15 is 0 Å². The van der Waals surface area contributed by atoms with E-state index in [-0.39, 0.29) is 4.90 Å². The lowest BCUT2D eigenvalue weighted by atomic mass is 10.0. The van der Waals surface area contributed by atoms with Gasteiger partial charge in [-0.05, 0) is 45.0 Å². The summed E-state index contributed by atoms with van der Waals surface area (Å²) in [5.41, 5.74) is 4.62. The molecule has 0 radical (unpaired) electrons. The van der Waals surface area contributed by atoms with Crippen molar-refractivity contribution >= 4 is 10.0 Å². The summed E-state index contributed by atoms with van der Waals surface area (Å²) in [4.78, 5) is -0.313. The van der Waals surface area contributed by atoms with Crippen LogP contribution in [0.2, 0.25) is 0 Å². The fourth-order valence-electron chi connectivity index (χ4n) is 1.48. The quantitative estimate of drug-likeness (QED) is 0.854. The molecule has 1 aromatic carbocycles. The summed E-state index contributed by atoms with van der Waals surface area (Å²) < 4.78 is 52.0. The normalized spacial score (nSPS) is 12.7. The second kappa shape index (κ2) is 5.29. The van der Waals surface area contributed by atoms with Crippen LogP contribution in [0.4, 0.5) is 8.78 Å². The lowest BCUT2D eigenvalue weighted by molar-refractivity contribution is 0.427. The van der Waals surface area contributed by atoms with Gasteiger partial charge in [0.2, 0.25) is 10.0 Å². The maximum Gasteiger partial charge on any atom is 0.241 e. The molecule has 0 fully saturated rings. The summed E-state index contributed by atoms with van der Waals surface area (Å²) in [7, 11) is -3.89. The summed E-state index contributed by atoms with van der Waals surface area (Å²) in [6.07, 6.45) is 0.426. The fraction of sp³-hybridized carbons (Fsp3) is 0.455. The molecule has 4 nitrogen and oxygen atoms in total. The van der Waals surface area contributed by atoms with Crippen molar-refractivity contribution in [2.24, 2.45) is 5.73 Å². The van der Waals surface area contributed by atoms with Gasteiger partial charge in [0.05, 0.1) is 4.90 Å². The molecule has 0 amide bonds. The van der Waals surface area contributed by atoms with Gasteiger partial charge < -0.3 is 5.73 Å². The zero-order valence-corrected chi connectivity index (χ0v) is 11.0. The molecule has 3 N–H and O–H groups in total. The molecule has 0 aromatic heterocycles. The van der Waals surface area contributed by atoms with Gasteiger partial charge >= 0.3 is 0 Å². The zero-order valence-electron chi connectivity index (χ0n) is 10.2. The third-order valence-electron chi connectivity index (χ3n) is 2.38. The molecule has 0 spiro atoms. The average Bonchev–Trinajstić information content (AvgIpc) is 2.20. The van der Waals surface area contributed by atoms with Gasteiger partial charge in [-0.3, -0.25) is 0 Å². The number of hydrogen-bond acceptors (Lipinski definition) is 3. The van der Waals surface area contributed by atoms with Crippen LogP contribution < -0.4 is 10.5 Å². The molecule has 0 aliphatic heterocycles. The van der Waals surface area contributed by atoms with E-state index in [4.69, 9.17) is 5.73 Å². The van der Waals surface area contributed by atoms with E-state index in [1.165, 1.54) is 0 Å². The second-order valence-corrected chi connectivity index (χ2v) is 6.29. The highest BCUT2D eigenvalue weighted by atomic mass is 32.2. The van der Waals surface area contributed by atoms with Gasteiger partial charge in [0, 0.05) is 5.54 Å². The third-order valence-corrected chi connectivity index (χ3v) is 4.08. The van der Waals surface area contributed by atoms with Crippen molar-refractivity contribution in [2.75, 3.05) is 6.54 Å². The van der Waals surface area contributed by atoms with Gasteiger partial charge in [-0.15, -0.1) is 0 Å². The Kier molecular flexibility index (Phi) is 4.41. The molecule has 0 unspecified atom stereocenters. The fourth-order valence-corrected chi connectivity index (χ4v) is 2.93. The molecule has 7 heteroatoms. The van der Waals surface area contributed by atoms with Crippen molar-refractivity contribution in [1.82, 2.24) is 4.72 Å². The van der Waals surface area contributed by atoms with Crippen LogP contribution in [0.15, 0.2) is 23.1 Å². The smallest absolute Gasteiger partial charge is 0.241 e. The lowest BCUT2D eigenvalue weighted by Crippen LogP contribution is -2.44. The van der Waals surface area contributed by atoms with E-state index in [1.54, 1.807) is 13.8 Å². The highest BCUT2D eigenvalue weighted by Gasteiger charge is 2.26. The molecule has 1 rings (SSSR count). The molecule has 0 bridgehead atoms. The number of nitrogens with one attached hydrogen (secondary N) is 1. The molecular weight excluding hydrogens is 262 g/mol. The summed E-state index contributed by atoms with van der Waals surface area (Å²) >= 11 is 0. The van der Waals surface area contributed by atoms with Gasteiger partial charge in [0.15, 0.2) is 11.6 Å². The SMILES string of the molecule is CC(C)(CCN)NS(=O)(=O)c1ccc(F)c(F)c1. The minimum Gasteiger partial charge on any atom is -0.330 e. The Morgan fingerprint density at radius 3 is 2.39 bits per heavy atom. The van der Waals surface area contributed by atoms with Gasteiger partial charge in [0.1, 0.15) is 0 Å². The van der Waals surface area contributed by atoms with Crippen LogP contribution in [0.25, 0.3) is 0 Å². The summed E-state index contributed by atoms with van der Waals surface area (Å²) in [6, 6.07) is 2.44. The highest BCUT2D eigenvalue weighted by molar-refractivity contribution is 7.89. The number of sulfonamides is 1. The minimum absolute atomic E-state index is 0.313. The lowest BCUT2D eigenvalue weighted by Gasteiger charge is -2.25. The van der Waals surface area contributed by atoms with E-state index in [0.29, 0.717) is 19.0 Å². The van der Waals surface area contributed by atoms with Gasteiger partial charge in [-0.1, -0.05) is 0 Å². The molecule has 0 aliphatic carbocycles. The van der Waals surface area contributed by atoms with Gasteiger partial charge in [0.25, 0.3) is 0 Å². The molecule has 18 heavy (non-hydrogen) atoms. The van der Waals surface area contributed by atoms with Crippen LogP contribution in [-0.2, 0) is 10.0 Å². The monoisotopic (exact) mass is 278 g/mol.